The van der Waals surface area contributed by atoms with E-state index in [1.54, 1.807) is 6.07 Å². The summed E-state index contributed by atoms with van der Waals surface area (Å²) in [4.78, 5) is 11.9. The zero-order chi connectivity index (χ0) is 15.1. The van der Waals surface area contributed by atoms with Crippen LogP contribution in [0, 0.1) is 17.7 Å². The molecule has 0 aliphatic carbocycles. The van der Waals surface area contributed by atoms with Gasteiger partial charge in [-0.3, -0.25) is 4.79 Å². The molecule has 0 saturated carbocycles. The van der Waals surface area contributed by atoms with Crippen molar-refractivity contribution in [2.24, 2.45) is 5.73 Å². The third-order valence-electron chi connectivity index (χ3n) is 2.79. The number of hydrogen-bond acceptors (Lipinski definition) is 2. The third kappa shape index (κ3) is 4.44. The number of benzene rings is 2. The van der Waals surface area contributed by atoms with Gasteiger partial charge < -0.3 is 11.1 Å². The van der Waals surface area contributed by atoms with Crippen LogP contribution in [0.4, 0.5) is 10.1 Å². The normalized spacial score (nSPS) is 9.62. The Bertz CT molecular complexity index is 687. The van der Waals surface area contributed by atoms with Gasteiger partial charge in [-0.05, 0) is 23.8 Å². The molecule has 1 amide bonds. The van der Waals surface area contributed by atoms with E-state index in [2.05, 4.69) is 17.2 Å². The molecule has 21 heavy (non-hydrogen) atoms. The van der Waals surface area contributed by atoms with Crippen molar-refractivity contribution in [1.82, 2.24) is 0 Å². The summed E-state index contributed by atoms with van der Waals surface area (Å²) in [5.74, 6) is 4.55. The van der Waals surface area contributed by atoms with Crippen molar-refractivity contribution in [2.45, 2.75) is 6.42 Å². The number of amides is 1. The van der Waals surface area contributed by atoms with Crippen LogP contribution in [0.5, 0.6) is 0 Å². The number of halogens is 1. The number of hydrogen-bond donors (Lipinski definition) is 2. The van der Waals surface area contributed by atoms with Crippen molar-refractivity contribution in [3.63, 3.8) is 0 Å². The third-order valence-corrected chi connectivity index (χ3v) is 2.79. The Morgan fingerprint density at radius 1 is 1.19 bits per heavy atom. The second-order valence-electron chi connectivity index (χ2n) is 4.41. The van der Waals surface area contributed by atoms with Gasteiger partial charge in [0.1, 0.15) is 5.82 Å². The molecule has 3 nitrogen and oxygen atoms in total. The van der Waals surface area contributed by atoms with Crippen molar-refractivity contribution in [2.75, 3.05) is 11.9 Å². The minimum atomic E-state index is -0.478. The van der Waals surface area contributed by atoms with Crippen LogP contribution < -0.4 is 11.1 Å². The minimum absolute atomic E-state index is 0.176. The van der Waals surface area contributed by atoms with E-state index in [1.165, 1.54) is 12.1 Å². The lowest BCUT2D eigenvalue weighted by atomic mass is 10.1. The first-order valence-electron chi connectivity index (χ1n) is 6.51. The Morgan fingerprint density at radius 3 is 2.62 bits per heavy atom. The second kappa shape index (κ2) is 7.22. The maximum atomic E-state index is 13.8. The summed E-state index contributed by atoms with van der Waals surface area (Å²) in [5, 5.41) is 2.66. The molecule has 0 aromatic heterocycles. The quantitative estimate of drug-likeness (QED) is 0.849. The van der Waals surface area contributed by atoms with Gasteiger partial charge in [-0.15, -0.1) is 0 Å². The van der Waals surface area contributed by atoms with Gasteiger partial charge in [-0.2, -0.15) is 0 Å². The topological polar surface area (TPSA) is 55.1 Å². The number of nitrogens with one attached hydrogen (secondary N) is 1. The molecule has 0 atom stereocenters. The lowest BCUT2D eigenvalue weighted by molar-refractivity contribution is -0.115. The van der Waals surface area contributed by atoms with Crippen LogP contribution in [0.3, 0.4) is 0 Å². The summed E-state index contributed by atoms with van der Waals surface area (Å²) in [6, 6.07) is 13.8. The first kappa shape index (κ1) is 14.8. The molecule has 0 fully saturated rings. The van der Waals surface area contributed by atoms with E-state index in [-0.39, 0.29) is 24.4 Å². The number of rotatable bonds is 3. The number of carbonyl (C=O) groups is 1. The smallest absolute Gasteiger partial charge is 0.228 e. The molecular formula is C17H15FN2O. The van der Waals surface area contributed by atoms with Gasteiger partial charge in [-0.25, -0.2) is 4.39 Å². The zero-order valence-electron chi connectivity index (χ0n) is 11.4. The average Bonchev–Trinajstić information content (AvgIpc) is 2.47. The maximum absolute atomic E-state index is 13.8. The predicted molar refractivity (Wildman–Crippen MR) is 81.1 cm³/mol. The molecule has 0 saturated heterocycles. The fraction of sp³-hybridized carbons (Fsp3) is 0.118. The molecule has 0 aliphatic rings. The lowest BCUT2D eigenvalue weighted by Gasteiger charge is -2.06. The Morgan fingerprint density at radius 2 is 1.95 bits per heavy atom. The predicted octanol–water partition coefficient (Wildman–Crippen LogP) is 2.32. The fourth-order valence-electron chi connectivity index (χ4n) is 1.83. The number of carbonyl (C=O) groups excluding carboxylic acids is 1. The zero-order valence-corrected chi connectivity index (χ0v) is 11.4. The first-order valence-corrected chi connectivity index (χ1v) is 6.51. The second-order valence-corrected chi connectivity index (χ2v) is 4.41. The van der Waals surface area contributed by atoms with Crippen LogP contribution in [0.15, 0.2) is 48.5 Å². The van der Waals surface area contributed by atoms with Crippen molar-refractivity contribution in [3.05, 3.63) is 65.5 Å². The summed E-state index contributed by atoms with van der Waals surface area (Å²) < 4.78 is 13.8. The summed E-state index contributed by atoms with van der Waals surface area (Å²) >= 11 is 0. The summed E-state index contributed by atoms with van der Waals surface area (Å²) in [5.41, 5.74) is 6.82. The largest absolute Gasteiger partial charge is 0.326 e. The molecular weight excluding hydrogens is 267 g/mol. The van der Waals surface area contributed by atoms with E-state index in [9.17, 15) is 9.18 Å². The number of nitrogens with two attached hydrogens (primary N) is 1. The lowest BCUT2D eigenvalue weighted by Crippen LogP contribution is -2.14. The van der Waals surface area contributed by atoms with E-state index in [4.69, 9.17) is 5.73 Å². The molecule has 0 bridgehead atoms. The highest BCUT2D eigenvalue weighted by atomic mass is 19.1. The minimum Gasteiger partial charge on any atom is -0.326 e. The van der Waals surface area contributed by atoms with E-state index in [1.807, 2.05) is 30.3 Å². The summed E-state index contributed by atoms with van der Waals surface area (Å²) in [7, 11) is 0. The highest BCUT2D eigenvalue weighted by Gasteiger charge is 2.06. The molecule has 2 aromatic carbocycles. The van der Waals surface area contributed by atoms with Gasteiger partial charge in [0.05, 0.1) is 18.5 Å². The monoisotopic (exact) mass is 282 g/mol. The van der Waals surface area contributed by atoms with Crippen molar-refractivity contribution in [3.8, 4) is 11.8 Å². The van der Waals surface area contributed by atoms with Crippen molar-refractivity contribution < 1.29 is 9.18 Å². The highest BCUT2D eigenvalue weighted by molar-refractivity contribution is 5.92. The molecule has 0 radical (unpaired) electrons. The van der Waals surface area contributed by atoms with Crippen molar-refractivity contribution in [1.29, 1.82) is 0 Å². The molecule has 2 aromatic rings. The Balaban J connectivity index is 2.03. The molecule has 0 aliphatic heterocycles. The van der Waals surface area contributed by atoms with Crippen LogP contribution in [-0.2, 0) is 11.2 Å². The Kier molecular flexibility index (Phi) is 5.08. The first-order chi connectivity index (χ1) is 10.2. The molecule has 0 spiro atoms. The van der Waals surface area contributed by atoms with E-state index in [0.29, 0.717) is 5.69 Å². The van der Waals surface area contributed by atoms with Gasteiger partial charge in [-0.1, -0.05) is 42.2 Å². The highest BCUT2D eigenvalue weighted by Crippen LogP contribution is 2.14. The van der Waals surface area contributed by atoms with E-state index < -0.39 is 5.82 Å². The Labute approximate surface area is 123 Å². The molecule has 3 N–H and O–H groups in total. The maximum Gasteiger partial charge on any atom is 0.228 e. The molecule has 0 heterocycles. The van der Waals surface area contributed by atoms with Gasteiger partial charge in [0.15, 0.2) is 0 Å². The van der Waals surface area contributed by atoms with Crippen LogP contribution in [0.25, 0.3) is 0 Å². The van der Waals surface area contributed by atoms with Gasteiger partial charge >= 0.3 is 0 Å². The van der Waals surface area contributed by atoms with Crippen LogP contribution in [0.2, 0.25) is 0 Å². The van der Waals surface area contributed by atoms with Gasteiger partial charge in [0.25, 0.3) is 0 Å². The molecule has 106 valence electrons. The molecule has 2 rings (SSSR count). The number of anilines is 1. The van der Waals surface area contributed by atoms with Gasteiger partial charge in [0, 0.05) is 5.69 Å². The van der Waals surface area contributed by atoms with Crippen LogP contribution in [0.1, 0.15) is 11.1 Å². The van der Waals surface area contributed by atoms with Gasteiger partial charge in [0.2, 0.25) is 5.91 Å². The van der Waals surface area contributed by atoms with E-state index >= 15 is 0 Å². The molecule has 0 unspecified atom stereocenters. The van der Waals surface area contributed by atoms with Crippen LogP contribution in [-0.4, -0.2) is 12.5 Å². The van der Waals surface area contributed by atoms with Crippen molar-refractivity contribution >= 4 is 11.6 Å². The Hall–Kier alpha value is -2.64. The summed E-state index contributed by atoms with van der Waals surface area (Å²) in [6.07, 6.45) is 0.247. The summed E-state index contributed by atoms with van der Waals surface area (Å²) in [6.45, 7) is 0.176. The SMILES string of the molecule is NCC#Cc1ccc(NC(=O)Cc2ccccc2)cc1F. The van der Waals surface area contributed by atoms with E-state index in [0.717, 1.165) is 5.56 Å². The fourth-order valence-corrected chi connectivity index (χ4v) is 1.83. The standard InChI is InChI=1S/C17H15FN2O/c18-16-12-15(9-8-14(16)7-4-10-19)20-17(21)11-13-5-2-1-3-6-13/h1-3,5-6,8-9,12H,10-11,19H2,(H,20,21). The van der Waals surface area contributed by atoms with Crippen LogP contribution >= 0.6 is 0 Å². The average molecular weight is 282 g/mol. The molecule has 4 heteroatoms.